The minimum Gasteiger partial charge on any atom is -0.465 e. The van der Waals surface area contributed by atoms with Gasteiger partial charge in [-0.3, -0.25) is 4.79 Å². The average Bonchev–Trinajstić information content (AvgIpc) is 3.41. The van der Waals surface area contributed by atoms with Crippen LogP contribution in [0.1, 0.15) is 39.7 Å². The number of fused-ring (bicyclic) bond motifs is 1. The summed E-state index contributed by atoms with van der Waals surface area (Å²) in [4.78, 5) is 27.1. The summed E-state index contributed by atoms with van der Waals surface area (Å²) in [5.41, 5.74) is 3.78. The second-order valence-electron chi connectivity index (χ2n) is 8.28. The number of piperidine rings is 1. The Bertz CT molecular complexity index is 1300. The predicted molar refractivity (Wildman–Crippen MR) is 130 cm³/mol. The second kappa shape index (κ2) is 8.71. The maximum Gasteiger partial charge on any atom is 0.407 e. The molecule has 0 atom stereocenters. The zero-order chi connectivity index (χ0) is 22.9. The molecule has 0 radical (unpaired) electrons. The van der Waals surface area contributed by atoms with Gasteiger partial charge in [-0.15, -0.1) is 11.3 Å². The van der Waals surface area contributed by atoms with Gasteiger partial charge in [-0.25, -0.2) is 9.48 Å². The van der Waals surface area contributed by atoms with Gasteiger partial charge in [0, 0.05) is 24.2 Å². The fourth-order valence-corrected chi connectivity index (χ4v) is 5.42. The van der Waals surface area contributed by atoms with Crippen LogP contribution in [0.5, 0.6) is 0 Å². The molecule has 33 heavy (non-hydrogen) atoms. The highest BCUT2D eigenvalue weighted by atomic mass is 32.1. The fourth-order valence-electron chi connectivity index (χ4n) is 4.34. The van der Waals surface area contributed by atoms with Crippen molar-refractivity contribution in [3.05, 3.63) is 76.8 Å². The lowest BCUT2D eigenvalue weighted by Crippen LogP contribution is -2.36. The number of aromatic nitrogens is 2. The molecule has 0 bridgehead atoms. The first-order valence-corrected chi connectivity index (χ1v) is 11.7. The van der Waals surface area contributed by atoms with Gasteiger partial charge < -0.3 is 15.3 Å². The average molecular weight is 461 g/mol. The molecule has 168 valence electrons. The molecular weight excluding hydrogens is 436 g/mol. The number of aryl methyl sites for hydroxylation is 1. The molecule has 0 aliphatic carbocycles. The van der Waals surface area contributed by atoms with Crippen LogP contribution in [0.3, 0.4) is 0 Å². The van der Waals surface area contributed by atoms with E-state index < -0.39 is 6.09 Å². The molecule has 0 spiro atoms. The van der Waals surface area contributed by atoms with Crippen molar-refractivity contribution in [2.45, 2.75) is 25.7 Å². The number of likely N-dealkylation sites (tertiary alicyclic amines) is 1. The summed E-state index contributed by atoms with van der Waals surface area (Å²) in [6.45, 7) is 3.07. The lowest BCUT2D eigenvalue weighted by molar-refractivity contribution is 0.103. The van der Waals surface area contributed by atoms with Crippen molar-refractivity contribution >= 4 is 39.2 Å². The Morgan fingerprint density at radius 2 is 1.76 bits per heavy atom. The Hall–Kier alpha value is -3.65. The van der Waals surface area contributed by atoms with Crippen LogP contribution in [0, 0.1) is 6.92 Å². The van der Waals surface area contributed by atoms with Gasteiger partial charge in [-0.05, 0) is 61.6 Å². The van der Waals surface area contributed by atoms with Crippen LogP contribution in [-0.2, 0) is 0 Å². The number of thiophene rings is 1. The monoisotopic (exact) mass is 460 g/mol. The summed E-state index contributed by atoms with van der Waals surface area (Å²) in [6, 6.07) is 19.7. The first-order chi connectivity index (χ1) is 16.0. The topological polar surface area (TPSA) is 87.5 Å². The highest BCUT2D eigenvalue weighted by Gasteiger charge is 2.23. The van der Waals surface area contributed by atoms with E-state index in [2.05, 4.69) is 10.4 Å². The zero-order valence-corrected chi connectivity index (χ0v) is 19.0. The number of carbonyl (C=O) groups excluding carboxylic acids is 1. The standard InChI is InChI=1S/C25H24N4O3S/c1-16-21-15-22(33-24(21)29(27-16)20-5-3-2-4-6-20)23(30)26-19-9-7-17(8-10-19)18-11-13-28(14-12-18)25(31)32/h2-10,15,18H,11-14H2,1H3,(H,26,30)(H,31,32). The van der Waals surface area contributed by atoms with Crippen molar-refractivity contribution in [3.63, 3.8) is 0 Å². The number of hydrogen-bond acceptors (Lipinski definition) is 4. The Balaban J connectivity index is 1.29. The molecule has 1 aliphatic heterocycles. The summed E-state index contributed by atoms with van der Waals surface area (Å²) >= 11 is 1.43. The number of carboxylic acid groups (broad SMARTS) is 1. The van der Waals surface area contributed by atoms with Crippen LogP contribution in [0.15, 0.2) is 60.7 Å². The van der Waals surface area contributed by atoms with E-state index in [1.54, 1.807) is 0 Å². The number of amides is 2. The quantitative estimate of drug-likeness (QED) is 0.421. The maximum atomic E-state index is 12.9. The van der Waals surface area contributed by atoms with Crippen molar-refractivity contribution in [1.29, 1.82) is 0 Å². The number of benzene rings is 2. The van der Waals surface area contributed by atoms with E-state index >= 15 is 0 Å². The molecule has 1 aliphatic rings. The van der Waals surface area contributed by atoms with Gasteiger partial charge in [0.15, 0.2) is 0 Å². The van der Waals surface area contributed by atoms with Crippen LogP contribution in [0.25, 0.3) is 15.9 Å². The Kier molecular flexibility index (Phi) is 5.60. The third-order valence-corrected chi connectivity index (χ3v) is 7.28. The van der Waals surface area contributed by atoms with E-state index in [0.717, 1.165) is 40.1 Å². The molecule has 8 heteroatoms. The van der Waals surface area contributed by atoms with Crippen LogP contribution < -0.4 is 5.32 Å². The molecule has 0 saturated carbocycles. The molecule has 4 aromatic rings. The van der Waals surface area contributed by atoms with Crippen molar-refractivity contribution in [2.75, 3.05) is 18.4 Å². The third-order valence-electron chi connectivity index (χ3n) is 6.17. The van der Waals surface area contributed by atoms with E-state index in [-0.39, 0.29) is 5.91 Å². The van der Waals surface area contributed by atoms with E-state index in [0.29, 0.717) is 23.9 Å². The lowest BCUT2D eigenvalue weighted by atomic mass is 9.89. The van der Waals surface area contributed by atoms with Gasteiger partial charge in [-0.2, -0.15) is 5.10 Å². The third kappa shape index (κ3) is 4.21. The SMILES string of the molecule is Cc1nn(-c2ccccc2)c2sc(C(=O)Nc3ccc(C4CCN(C(=O)O)CC4)cc3)cc12. The van der Waals surface area contributed by atoms with Crippen LogP contribution in [0.2, 0.25) is 0 Å². The van der Waals surface area contributed by atoms with Crippen LogP contribution in [0.4, 0.5) is 10.5 Å². The van der Waals surface area contributed by atoms with Gasteiger partial charge in [0.2, 0.25) is 0 Å². The van der Waals surface area contributed by atoms with Crippen molar-refractivity contribution in [3.8, 4) is 5.69 Å². The Morgan fingerprint density at radius 3 is 2.42 bits per heavy atom. The normalized spacial score (nSPS) is 14.5. The molecule has 2 N–H and O–H groups in total. The Labute approximate surface area is 195 Å². The smallest absolute Gasteiger partial charge is 0.407 e. The number of rotatable bonds is 4. The van der Waals surface area contributed by atoms with Gasteiger partial charge in [0.1, 0.15) is 4.83 Å². The highest BCUT2D eigenvalue weighted by molar-refractivity contribution is 7.20. The molecule has 3 heterocycles. The second-order valence-corrected chi connectivity index (χ2v) is 9.31. The fraction of sp³-hybridized carbons (Fsp3) is 0.240. The molecule has 2 aromatic heterocycles. The predicted octanol–water partition coefficient (Wildman–Crippen LogP) is 5.51. The van der Waals surface area contributed by atoms with Gasteiger partial charge in [-0.1, -0.05) is 30.3 Å². The summed E-state index contributed by atoms with van der Waals surface area (Å²) < 4.78 is 1.89. The van der Waals surface area contributed by atoms with E-state index in [1.807, 2.05) is 72.3 Å². The minimum absolute atomic E-state index is 0.141. The van der Waals surface area contributed by atoms with Crippen LogP contribution in [-0.4, -0.2) is 44.9 Å². The van der Waals surface area contributed by atoms with Crippen LogP contribution >= 0.6 is 11.3 Å². The molecule has 1 fully saturated rings. The maximum absolute atomic E-state index is 12.9. The molecular formula is C25H24N4O3S. The van der Waals surface area contributed by atoms with E-state index in [9.17, 15) is 9.59 Å². The summed E-state index contributed by atoms with van der Waals surface area (Å²) in [5.74, 6) is 0.203. The molecule has 1 saturated heterocycles. The van der Waals surface area contributed by atoms with Crippen molar-refractivity contribution in [2.24, 2.45) is 0 Å². The van der Waals surface area contributed by atoms with E-state index in [4.69, 9.17) is 5.11 Å². The highest BCUT2D eigenvalue weighted by Crippen LogP contribution is 2.32. The number of anilines is 1. The number of carbonyl (C=O) groups is 2. The summed E-state index contributed by atoms with van der Waals surface area (Å²) in [7, 11) is 0. The molecule has 5 rings (SSSR count). The molecule has 2 aromatic carbocycles. The summed E-state index contributed by atoms with van der Waals surface area (Å²) in [6.07, 6.45) is 0.786. The van der Waals surface area contributed by atoms with E-state index in [1.165, 1.54) is 21.8 Å². The van der Waals surface area contributed by atoms with Gasteiger partial charge in [0.05, 0.1) is 16.3 Å². The zero-order valence-electron chi connectivity index (χ0n) is 18.2. The number of nitrogens with one attached hydrogen (secondary N) is 1. The van der Waals surface area contributed by atoms with Gasteiger partial charge in [0.25, 0.3) is 5.91 Å². The first-order valence-electron chi connectivity index (χ1n) is 10.9. The summed E-state index contributed by atoms with van der Waals surface area (Å²) in [5, 5.41) is 17.7. The molecule has 0 unspecified atom stereocenters. The number of para-hydroxylation sites is 1. The largest absolute Gasteiger partial charge is 0.465 e. The number of nitrogens with zero attached hydrogens (tertiary/aromatic N) is 3. The minimum atomic E-state index is -0.848. The molecule has 7 nitrogen and oxygen atoms in total. The van der Waals surface area contributed by atoms with Gasteiger partial charge >= 0.3 is 6.09 Å². The first kappa shape index (κ1) is 21.2. The van der Waals surface area contributed by atoms with Crippen molar-refractivity contribution in [1.82, 2.24) is 14.7 Å². The Morgan fingerprint density at radius 1 is 1.06 bits per heavy atom. The lowest BCUT2D eigenvalue weighted by Gasteiger charge is -2.30. The number of hydrogen-bond donors (Lipinski definition) is 2. The van der Waals surface area contributed by atoms with Crippen molar-refractivity contribution < 1.29 is 14.7 Å². The molecule has 2 amide bonds.